The van der Waals surface area contributed by atoms with Crippen molar-refractivity contribution in [1.82, 2.24) is 10.3 Å². The highest BCUT2D eigenvalue weighted by Gasteiger charge is 2.65. The number of nitrogens with zero attached hydrogens (tertiary/aromatic N) is 1. The molecule has 1 heterocycles. The molecule has 1 amide bonds. The van der Waals surface area contributed by atoms with Crippen LogP contribution in [-0.2, 0) is 0 Å². The van der Waals surface area contributed by atoms with Crippen LogP contribution in [0.4, 0.5) is 5.69 Å². The van der Waals surface area contributed by atoms with Gasteiger partial charge in [0.2, 0.25) is 0 Å². The standard InChI is InChI=1S/C14H16ClN3O/c15-13-9(4-8(16)5-17-13)14(19)18-12-10-6-1-2-7(3-6)11(10)12/h4-7,10-12H,1-3,16H2,(H,18,19). The van der Waals surface area contributed by atoms with Crippen LogP contribution in [-0.4, -0.2) is 16.9 Å². The fourth-order valence-electron chi connectivity index (χ4n) is 4.37. The lowest BCUT2D eigenvalue weighted by molar-refractivity contribution is 0.0944. The summed E-state index contributed by atoms with van der Waals surface area (Å²) in [6, 6.07) is 1.95. The number of hydrogen-bond acceptors (Lipinski definition) is 3. The number of halogens is 1. The van der Waals surface area contributed by atoms with Crippen molar-refractivity contribution in [3.8, 4) is 0 Å². The lowest BCUT2D eigenvalue weighted by atomic mass is 10.0. The molecule has 0 spiro atoms. The highest BCUT2D eigenvalue weighted by molar-refractivity contribution is 6.32. The summed E-state index contributed by atoms with van der Waals surface area (Å²) in [6.45, 7) is 0. The number of anilines is 1. The second-order valence-electron chi connectivity index (χ2n) is 6.09. The second kappa shape index (κ2) is 3.85. The van der Waals surface area contributed by atoms with Gasteiger partial charge >= 0.3 is 0 Å². The lowest BCUT2D eigenvalue weighted by Gasteiger charge is -2.11. The Kier molecular flexibility index (Phi) is 2.34. The van der Waals surface area contributed by atoms with E-state index in [2.05, 4.69) is 10.3 Å². The van der Waals surface area contributed by atoms with Crippen LogP contribution in [0.15, 0.2) is 12.3 Å². The van der Waals surface area contributed by atoms with E-state index < -0.39 is 0 Å². The Labute approximate surface area is 116 Å². The molecule has 2 bridgehead atoms. The minimum atomic E-state index is -0.136. The number of nitrogens with one attached hydrogen (secondary N) is 1. The molecule has 3 aliphatic rings. The molecule has 4 unspecified atom stereocenters. The maximum Gasteiger partial charge on any atom is 0.254 e. The van der Waals surface area contributed by atoms with Crippen LogP contribution in [0, 0.1) is 23.7 Å². The molecule has 1 aromatic heterocycles. The summed E-state index contributed by atoms with van der Waals surface area (Å²) in [4.78, 5) is 16.2. The maximum absolute atomic E-state index is 12.2. The molecule has 4 rings (SSSR count). The third-order valence-corrected chi connectivity index (χ3v) is 5.44. The predicted octanol–water partition coefficient (Wildman–Crippen LogP) is 2.09. The zero-order chi connectivity index (χ0) is 13.1. The Morgan fingerprint density at radius 1 is 1.37 bits per heavy atom. The molecule has 0 aliphatic heterocycles. The summed E-state index contributed by atoms with van der Waals surface area (Å²) in [5, 5.41) is 3.34. The van der Waals surface area contributed by atoms with Gasteiger partial charge in [-0.15, -0.1) is 0 Å². The average molecular weight is 278 g/mol. The van der Waals surface area contributed by atoms with E-state index in [0.717, 1.165) is 23.7 Å². The first-order valence-electron chi connectivity index (χ1n) is 6.87. The highest BCUT2D eigenvalue weighted by Crippen LogP contribution is 2.65. The van der Waals surface area contributed by atoms with Crippen molar-refractivity contribution in [2.24, 2.45) is 23.7 Å². The van der Waals surface area contributed by atoms with Gasteiger partial charge in [-0.2, -0.15) is 0 Å². The Morgan fingerprint density at radius 2 is 2.05 bits per heavy atom. The van der Waals surface area contributed by atoms with Gasteiger partial charge in [0.25, 0.3) is 5.91 Å². The molecule has 3 fully saturated rings. The molecule has 0 saturated heterocycles. The Morgan fingerprint density at radius 3 is 2.74 bits per heavy atom. The normalized spacial score (nSPS) is 38.1. The zero-order valence-corrected chi connectivity index (χ0v) is 11.2. The molecule has 0 radical (unpaired) electrons. The number of rotatable bonds is 2. The number of nitrogen functional groups attached to an aromatic ring is 1. The van der Waals surface area contributed by atoms with Crippen molar-refractivity contribution in [1.29, 1.82) is 0 Å². The molecule has 1 aromatic rings. The SMILES string of the molecule is Nc1cnc(Cl)c(C(=O)NC2C3C4CCC(C4)C23)c1. The summed E-state index contributed by atoms with van der Waals surface area (Å²) in [5.74, 6) is 2.99. The second-order valence-corrected chi connectivity index (χ2v) is 6.45. The van der Waals surface area contributed by atoms with Crippen molar-refractivity contribution in [2.45, 2.75) is 25.3 Å². The molecular weight excluding hydrogens is 262 g/mol. The molecule has 3 aliphatic carbocycles. The van der Waals surface area contributed by atoms with E-state index in [1.54, 1.807) is 6.07 Å². The van der Waals surface area contributed by atoms with Gasteiger partial charge in [-0.05, 0) is 49.0 Å². The Balaban J connectivity index is 1.50. The van der Waals surface area contributed by atoms with Crippen molar-refractivity contribution in [3.05, 3.63) is 23.0 Å². The van der Waals surface area contributed by atoms with Gasteiger partial charge < -0.3 is 11.1 Å². The van der Waals surface area contributed by atoms with Crippen molar-refractivity contribution >= 4 is 23.2 Å². The Bertz CT molecular complexity index is 546. The molecule has 4 atom stereocenters. The topological polar surface area (TPSA) is 68.0 Å². The van der Waals surface area contributed by atoms with Crippen LogP contribution in [0.2, 0.25) is 5.15 Å². The van der Waals surface area contributed by atoms with Crippen molar-refractivity contribution in [3.63, 3.8) is 0 Å². The van der Waals surface area contributed by atoms with Crippen LogP contribution in [0.3, 0.4) is 0 Å². The van der Waals surface area contributed by atoms with E-state index in [-0.39, 0.29) is 11.1 Å². The molecule has 19 heavy (non-hydrogen) atoms. The monoisotopic (exact) mass is 277 g/mol. The largest absolute Gasteiger partial charge is 0.397 e. The number of carbonyl (C=O) groups excluding carboxylic acids is 1. The van der Waals surface area contributed by atoms with E-state index in [0.29, 0.717) is 17.3 Å². The first-order chi connectivity index (χ1) is 9.15. The molecule has 3 N–H and O–H groups in total. The van der Waals surface area contributed by atoms with Gasteiger partial charge in [0.15, 0.2) is 0 Å². The number of fused-ring (bicyclic) bond motifs is 5. The fourth-order valence-corrected chi connectivity index (χ4v) is 4.56. The number of pyridine rings is 1. The van der Waals surface area contributed by atoms with Crippen LogP contribution >= 0.6 is 11.6 Å². The third-order valence-electron chi connectivity index (χ3n) is 5.14. The van der Waals surface area contributed by atoms with E-state index in [1.807, 2.05) is 0 Å². The van der Waals surface area contributed by atoms with Gasteiger partial charge in [-0.25, -0.2) is 4.98 Å². The number of aromatic nitrogens is 1. The summed E-state index contributed by atoms with van der Waals surface area (Å²) < 4.78 is 0. The van der Waals surface area contributed by atoms with Gasteiger partial charge in [0.05, 0.1) is 17.4 Å². The van der Waals surface area contributed by atoms with Crippen LogP contribution in [0.5, 0.6) is 0 Å². The van der Waals surface area contributed by atoms with E-state index in [1.165, 1.54) is 25.5 Å². The first kappa shape index (κ1) is 11.5. The first-order valence-corrected chi connectivity index (χ1v) is 7.25. The van der Waals surface area contributed by atoms with Gasteiger partial charge in [-0.1, -0.05) is 11.6 Å². The van der Waals surface area contributed by atoms with Gasteiger partial charge in [0.1, 0.15) is 5.15 Å². The molecular formula is C14H16ClN3O. The fraction of sp³-hybridized carbons (Fsp3) is 0.571. The minimum absolute atomic E-state index is 0.136. The zero-order valence-electron chi connectivity index (χ0n) is 10.5. The molecule has 3 saturated carbocycles. The van der Waals surface area contributed by atoms with E-state index >= 15 is 0 Å². The summed E-state index contributed by atoms with van der Waals surface area (Å²) in [6.07, 6.45) is 5.53. The molecule has 4 nitrogen and oxygen atoms in total. The molecule has 5 heteroatoms. The quantitative estimate of drug-likeness (QED) is 0.814. The smallest absolute Gasteiger partial charge is 0.254 e. The van der Waals surface area contributed by atoms with Crippen LogP contribution < -0.4 is 11.1 Å². The average Bonchev–Trinajstić information content (AvgIpc) is 2.80. The van der Waals surface area contributed by atoms with E-state index in [4.69, 9.17) is 17.3 Å². The van der Waals surface area contributed by atoms with Crippen LogP contribution in [0.25, 0.3) is 0 Å². The maximum atomic E-state index is 12.2. The van der Waals surface area contributed by atoms with Crippen molar-refractivity contribution < 1.29 is 4.79 Å². The van der Waals surface area contributed by atoms with E-state index in [9.17, 15) is 4.79 Å². The van der Waals surface area contributed by atoms with Crippen molar-refractivity contribution in [2.75, 3.05) is 5.73 Å². The van der Waals surface area contributed by atoms with Gasteiger partial charge in [-0.3, -0.25) is 4.79 Å². The Hall–Kier alpha value is -1.29. The molecule has 0 aromatic carbocycles. The van der Waals surface area contributed by atoms with Crippen LogP contribution in [0.1, 0.15) is 29.6 Å². The number of amides is 1. The number of nitrogens with two attached hydrogens (primary N) is 1. The molecule has 100 valence electrons. The third kappa shape index (κ3) is 1.66. The highest BCUT2D eigenvalue weighted by atomic mass is 35.5. The van der Waals surface area contributed by atoms with Gasteiger partial charge in [0, 0.05) is 6.04 Å². The summed E-state index contributed by atoms with van der Waals surface area (Å²) in [7, 11) is 0. The lowest BCUT2D eigenvalue weighted by Crippen LogP contribution is -2.30. The summed E-state index contributed by atoms with van der Waals surface area (Å²) >= 11 is 5.96. The number of carbonyl (C=O) groups is 1. The number of hydrogen-bond donors (Lipinski definition) is 2. The minimum Gasteiger partial charge on any atom is -0.397 e. The predicted molar refractivity (Wildman–Crippen MR) is 72.7 cm³/mol. The summed E-state index contributed by atoms with van der Waals surface area (Å²) in [5.41, 5.74) is 6.51.